The maximum absolute atomic E-state index is 14.1. The molecule has 0 heterocycles. The van der Waals surface area contributed by atoms with Gasteiger partial charge in [0.25, 0.3) is 0 Å². The third-order valence-corrected chi connectivity index (χ3v) is 3.61. The summed E-state index contributed by atoms with van der Waals surface area (Å²) in [5, 5.41) is 0.138. The van der Waals surface area contributed by atoms with Gasteiger partial charge in [-0.2, -0.15) is 0 Å². The topological polar surface area (TPSA) is 17.1 Å². The zero-order chi connectivity index (χ0) is 13.1. The molecule has 0 aliphatic rings. The molecule has 0 atom stereocenters. The van der Waals surface area contributed by atoms with Crippen LogP contribution in [0, 0.1) is 5.82 Å². The van der Waals surface area contributed by atoms with E-state index < -0.39 is 11.6 Å². The first-order chi connectivity index (χ1) is 8.65. The monoisotopic (exact) mass is 280 g/mol. The quantitative estimate of drug-likeness (QED) is 0.611. The predicted octanol–water partition coefficient (Wildman–Crippen LogP) is 4.43. The lowest BCUT2D eigenvalue weighted by Crippen LogP contribution is -2.06. The zero-order valence-corrected chi connectivity index (χ0v) is 11.2. The van der Waals surface area contributed by atoms with Gasteiger partial charge < -0.3 is 0 Å². The Balaban J connectivity index is 2.55. The van der Waals surface area contributed by atoms with Gasteiger partial charge in [0.1, 0.15) is 5.82 Å². The fraction of sp³-hybridized carbons (Fsp3) is 0.0714. The second-order valence-corrected chi connectivity index (χ2v) is 4.89. The normalized spacial score (nSPS) is 10.4. The maximum atomic E-state index is 14.1. The van der Waals surface area contributed by atoms with Crippen LogP contribution in [0.15, 0.2) is 47.4 Å². The molecule has 2 aromatic rings. The van der Waals surface area contributed by atoms with Gasteiger partial charge in [-0.1, -0.05) is 41.9 Å². The average molecular weight is 281 g/mol. The number of hydrogen-bond donors (Lipinski definition) is 0. The van der Waals surface area contributed by atoms with E-state index in [9.17, 15) is 9.18 Å². The van der Waals surface area contributed by atoms with Gasteiger partial charge in [0.05, 0.1) is 10.6 Å². The van der Waals surface area contributed by atoms with Crippen LogP contribution >= 0.6 is 23.4 Å². The Hall–Kier alpha value is -1.32. The summed E-state index contributed by atoms with van der Waals surface area (Å²) in [6.45, 7) is 0. The van der Waals surface area contributed by atoms with Gasteiger partial charge >= 0.3 is 0 Å². The van der Waals surface area contributed by atoms with Crippen molar-refractivity contribution in [3.8, 4) is 0 Å². The highest BCUT2D eigenvalue weighted by molar-refractivity contribution is 7.98. The highest BCUT2D eigenvalue weighted by Crippen LogP contribution is 2.29. The summed E-state index contributed by atoms with van der Waals surface area (Å²) >= 11 is 7.18. The molecule has 0 saturated carbocycles. The van der Waals surface area contributed by atoms with Crippen LogP contribution in [0.2, 0.25) is 5.02 Å². The van der Waals surface area contributed by atoms with Crippen LogP contribution in [0.1, 0.15) is 15.9 Å². The molecule has 0 aliphatic carbocycles. The Morgan fingerprint density at radius 3 is 2.44 bits per heavy atom. The molecular formula is C14H10ClFOS. The van der Waals surface area contributed by atoms with Crippen LogP contribution in [0.4, 0.5) is 4.39 Å². The summed E-state index contributed by atoms with van der Waals surface area (Å²) in [5.74, 6) is -0.946. The number of benzene rings is 2. The zero-order valence-electron chi connectivity index (χ0n) is 9.61. The highest BCUT2D eigenvalue weighted by Gasteiger charge is 2.20. The van der Waals surface area contributed by atoms with E-state index in [1.807, 2.05) is 0 Å². The highest BCUT2D eigenvalue weighted by atomic mass is 35.5. The summed E-state index contributed by atoms with van der Waals surface area (Å²) < 4.78 is 14.1. The van der Waals surface area contributed by atoms with Gasteiger partial charge in [0, 0.05) is 10.5 Å². The predicted molar refractivity (Wildman–Crippen MR) is 73.1 cm³/mol. The van der Waals surface area contributed by atoms with Crippen LogP contribution < -0.4 is 0 Å². The lowest BCUT2D eigenvalue weighted by atomic mass is 10.0. The summed E-state index contributed by atoms with van der Waals surface area (Å²) in [6, 6.07) is 11.7. The number of thioether (sulfide) groups is 1. The minimum Gasteiger partial charge on any atom is -0.288 e. The van der Waals surface area contributed by atoms with Crippen LogP contribution in [0.25, 0.3) is 0 Å². The smallest absolute Gasteiger partial charge is 0.197 e. The largest absolute Gasteiger partial charge is 0.288 e. The standard InChI is InChI=1S/C14H10ClFOS/c1-18-11-8-7-10(15)12(13(11)16)14(17)9-5-3-2-4-6-9/h2-8H,1H3. The van der Waals surface area contributed by atoms with E-state index in [2.05, 4.69) is 0 Å². The minimum absolute atomic E-state index is 0.0604. The van der Waals surface area contributed by atoms with Crippen molar-refractivity contribution in [2.24, 2.45) is 0 Å². The minimum atomic E-state index is -0.552. The Bertz CT molecular complexity index is 584. The van der Waals surface area contributed by atoms with Crippen molar-refractivity contribution in [1.29, 1.82) is 0 Å². The number of hydrogen-bond acceptors (Lipinski definition) is 2. The first-order valence-electron chi connectivity index (χ1n) is 5.27. The third kappa shape index (κ3) is 2.42. The molecule has 0 spiro atoms. The molecule has 0 saturated heterocycles. The Labute approximate surface area is 114 Å². The molecule has 0 amide bonds. The van der Waals surface area contributed by atoms with Crippen molar-refractivity contribution in [2.75, 3.05) is 6.26 Å². The molecule has 2 aromatic carbocycles. The molecule has 0 radical (unpaired) electrons. The first kappa shape index (κ1) is 13.1. The number of halogens is 2. The van der Waals surface area contributed by atoms with Crippen molar-refractivity contribution in [2.45, 2.75) is 4.90 Å². The molecular weight excluding hydrogens is 271 g/mol. The van der Waals surface area contributed by atoms with Crippen LogP contribution in [0.3, 0.4) is 0 Å². The number of carbonyl (C=O) groups is 1. The molecule has 0 fully saturated rings. The lowest BCUT2D eigenvalue weighted by molar-refractivity contribution is 0.103. The average Bonchev–Trinajstić information content (AvgIpc) is 2.40. The number of rotatable bonds is 3. The van der Waals surface area contributed by atoms with Crippen LogP contribution in [-0.2, 0) is 0 Å². The first-order valence-corrected chi connectivity index (χ1v) is 6.87. The van der Waals surface area contributed by atoms with Crippen LogP contribution in [0.5, 0.6) is 0 Å². The van der Waals surface area contributed by atoms with Crippen molar-refractivity contribution in [1.82, 2.24) is 0 Å². The SMILES string of the molecule is CSc1ccc(Cl)c(C(=O)c2ccccc2)c1F. The molecule has 0 bridgehead atoms. The van der Waals surface area contributed by atoms with E-state index in [0.717, 1.165) is 0 Å². The van der Waals surface area contributed by atoms with Gasteiger partial charge in [0.2, 0.25) is 0 Å². The van der Waals surface area contributed by atoms with Gasteiger partial charge in [-0.15, -0.1) is 11.8 Å². The van der Waals surface area contributed by atoms with Gasteiger partial charge in [-0.25, -0.2) is 4.39 Å². The van der Waals surface area contributed by atoms with E-state index in [1.54, 1.807) is 48.7 Å². The van der Waals surface area contributed by atoms with E-state index in [0.29, 0.717) is 10.5 Å². The molecule has 0 unspecified atom stereocenters. The summed E-state index contributed by atoms with van der Waals surface area (Å²) in [4.78, 5) is 12.6. The molecule has 0 N–H and O–H groups in total. The number of carbonyl (C=O) groups excluding carboxylic acids is 1. The molecule has 1 nitrogen and oxygen atoms in total. The van der Waals surface area contributed by atoms with Gasteiger partial charge in [0.15, 0.2) is 5.78 Å². The molecule has 2 rings (SSSR count). The van der Waals surface area contributed by atoms with Gasteiger partial charge in [-0.3, -0.25) is 4.79 Å². The summed E-state index contributed by atoms with van der Waals surface area (Å²) in [7, 11) is 0. The third-order valence-electron chi connectivity index (χ3n) is 2.54. The second kappa shape index (κ2) is 5.55. The van der Waals surface area contributed by atoms with E-state index in [1.165, 1.54) is 11.8 Å². The van der Waals surface area contributed by atoms with Crippen molar-refractivity contribution in [3.05, 3.63) is 64.4 Å². The number of ketones is 1. The van der Waals surface area contributed by atoms with Crippen molar-refractivity contribution >= 4 is 29.1 Å². The lowest BCUT2D eigenvalue weighted by Gasteiger charge is -2.08. The molecule has 4 heteroatoms. The fourth-order valence-corrected chi connectivity index (χ4v) is 2.35. The molecule has 92 valence electrons. The van der Waals surface area contributed by atoms with E-state index >= 15 is 0 Å². The Morgan fingerprint density at radius 2 is 1.83 bits per heavy atom. The molecule has 0 aliphatic heterocycles. The maximum Gasteiger partial charge on any atom is 0.197 e. The van der Waals surface area contributed by atoms with E-state index in [-0.39, 0.29) is 10.6 Å². The van der Waals surface area contributed by atoms with Crippen LogP contribution in [-0.4, -0.2) is 12.0 Å². The summed E-state index contributed by atoms with van der Waals surface area (Å²) in [5.41, 5.74) is 0.367. The van der Waals surface area contributed by atoms with Crippen molar-refractivity contribution in [3.63, 3.8) is 0 Å². The van der Waals surface area contributed by atoms with Gasteiger partial charge in [-0.05, 0) is 18.4 Å². The molecule has 0 aromatic heterocycles. The molecule has 18 heavy (non-hydrogen) atoms. The van der Waals surface area contributed by atoms with Crippen molar-refractivity contribution < 1.29 is 9.18 Å². The Kier molecular flexibility index (Phi) is 4.04. The van der Waals surface area contributed by atoms with E-state index in [4.69, 9.17) is 11.6 Å². The summed E-state index contributed by atoms with van der Waals surface area (Å²) in [6.07, 6.45) is 1.75. The second-order valence-electron chi connectivity index (χ2n) is 3.63. The fourth-order valence-electron chi connectivity index (χ4n) is 1.63. The Morgan fingerprint density at radius 1 is 1.17 bits per heavy atom.